The average molecular weight is 348 g/mol. The third-order valence-corrected chi connectivity index (χ3v) is 3.89. The van der Waals surface area contributed by atoms with Gasteiger partial charge in [-0.1, -0.05) is 36.4 Å². The van der Waals surface area contributed by atoms with Gasteiger partial charge in [-0.3, -0.25) is 0 Å². The summed E-state index contributed by atoms with van der Waals surface area (Å²) in [5.41, 5.74) is 2.54. The zero-order chi connectivity index (χ0) is 15.2. The lowest BCUT2D eigenvalue weighted by atomic mass is 10.1. The Morgan fingerprint density at radius 2 is 1.76 bits per heavy atom. The van der Waals surface area contributed by atoms with Crippen LogP contribution in [0.1, 0.15) is 37.9 Å². The molecule has 0 heterocycles. The lowest BCUT2D eigenvalue weighted by Crippen LogP contribution is -2.18. The summed E-state index contributed by atoms with van der Waals surface area (Å²) in [6, 6.07) is 17.0. The Balaban J connectivity index is 1.96. The largest absolute Gasteiger partial charge is 0.490 e. The molecule has 1 atom stereocenters. The van der Waals surface area contributed by atoms with Crippen molar-refractivity contribution < 1.29 is 4.74 Å². The molecule has 0 spiro atoms. The quantitative estimate of drug-likeness (QED) is 0.785. The lowest BCUT2D eigenvalue weighted by molar-refractivity contribution is 0.241. The van der Waals surface area contributed by atoms with E-state index in [-0.39, 0.29) is 6.10 Å². The van der Waals surface area contributed by atoms with Crippen LogP contribution < -0.4 is 10.1 Å². The van der Waals surface area contributed by atoms with E-state index in [1.165, 1.54) is 11.1 Å². The summed E-state index contributed by atoms with van der Waals surface area (Å²) in [5.74, 6) is 0.893. The molecule has 0 saturated carbocycles. The summed E-state index contributed by atoms with van der Waals surface area (Å²) >= 11 is 3.57. The van der Waals surface area contributed by atoms with Gasteiger partial charge in [-0.2, -0.15) is 0 Å². The SMILES string of the molecule is CC(C)Oc1ccc(CN[C@H](C)c2ccccc2)cc1Br. The van der Waals surface area contributed by atoms with E-state index in [2.05, 4.69) is 64.6 Å². The molecule has 112 valence electrons. The van der Waals surface area contributed by atoms with Gasteiger partial charge in [0, 0.05) is 12.6 Å². The molecule has 2 aromatic carbocycles. The molecule has 2 rings (SSSR count). The first-order valence-corrected chi connectivity index (χ1v) is 8.09. The molecule has 21 heavy (non-hydrogen) atoms. The average Bonchev–Trinajstić information content (AvgIpc) is 2.48. The monoisotopic (exact) mass is 347 g/mol. The van der Waals surface area contributed by atoms with Crippen molar-refractivity contribution in [1.82, 2.24) is 5.32 Å². The predicted octanol–water partition coefficient (Wildman–Crippen LogP) is 5.09. The van der Waals surface area contributed by atoms with Crippen molar-refractivity contribution in [3.8, 4) is 5.75 Å². The highest BCUT2D eigenvalue weighted by atomic mass is 79.9. The second kappa shape index (κ2) is 7.62. The van der Waals surface area contributed by atoms with Gasteiger partial charge in [-0.25, -0.2) is 0 Å². The normalized spacial score (nSPS) is 12.4. The zero-order valence-electron chi connectivity index (χ0n) is 12.8. The molecular formula is C18H22BrNO. The van der Waals surface area contributed by atoms with Gasteiger partial charge >= 0.3 is 0 Å². The minimum atomic E-state index is 0.184. The van der Waals surface area contributed by atoms with Crippen LogP contribution in [-0.4, -0.2) is 6.10 Å². The molecule has 0 aromatic heterocycles. The van der Waals surface area contributed by atoms with Gasteiger partial charge in [0.1, 0.15) is 5.75 Å². The van der Waals surface area contributed by atoms with Crippen LogP contribution in [0, 0.1) is 0 Å². The molecule has 0 radical (unpaired) electrons. The van der Waals surface area contributed by atoms with Crippen LogP contribution >= 0.6 is 15.9 Å². The highest BCUT2D eigenvalue weighted by molar-refractivity contribution is 9.10. The Morgan fingerprint density at radius 3 is 2.38 bits per heavy atom. The van der Waals surface area contributed by atoms with E-state index in [9.17, 15) is 0 Å². The van der Waals surface area contributed by atoms with Crippen molar-refractivity contribution in [3.05, 3.63) is 64.1 Å². The third kappa shape index (κ3) is 4.87. The number of hydrogen-bond acceptors (Lipinski definition) is 2. The first kappa shape index (κ1) is 16.1. The molecule has 0 fully saturated rings. The minimum absolute atomic E-state index is 0.184. The smallest absolute Gasteiger partial charge is 0.133 e. The number of hydrogen-bond donors (Lipinski definition) is 1. The Hall–Kier alpha value is -1.32. The number of benzene rings is 2. The van der Waals surface area contributed by atoms with E-state index in [1.807, 2.05) is 26.0 Å². The molecule has 0 saturated heterocycles. The second-order valence-electron chi connectivity index (χ2n) is 5.44. The second-order valence-corrected chi connectivity index (χ2v) is 6.30. The molecule has 0 bridgehead atoms. The molecule has 2 nitrogen and oxygen atoms in total. The highest BCUT2D eigenvalue weighted by Gasteiger charge is 2.07. The van der Waals surface area contributed by atoms with Crippen LogP contribution in [0.4, 0.5) is 0 Å². The van der Waals surface area contributed by atoms with E-state index in [0.29, 0.717) is 6.04 Å². The van der Waals surface area contributed by atoms with Gasteiger partial charge < -0.3 is 10.1 Å². The van der Waals surface area contributed by atoms with E-state index >= 15 is 0 Å². The van der Waals surface area contributed by atoms with Crippen molar-refractivity contribution in [1.29, 1.82) is 0 Å². The van der Waals surface area contributed by atoms with E-state index in [0.717, 1.165) is 16.8 Å². The summed E-state index contributed by atoms with van der Waals surface area (Å²) in [4.78, 5) is 0. The van der Waals surface area contributed by atoms with E-state index in [4.69, 9.17) is 4.74 Å². The Labute approximate surface area is 135 Å². The van der Waals surface area contributed by atoms with Crippen LogP contribution in [0.5, 0.6) is 5.75 Å². The van der Waals surface area contributed by atoms with Crippen LogP contribution in [0.25, 0.3) is 0 Å². The Morgan fingerprint density at radius 1 is 1.05 bits per heavy atom. The van der Waals surface area contributed by atoms with Crippen molar-refractivity contribution in [2.24, 2.45) is 0 Å². The van der Waals surface area contributed by atoms with Gasteiger partial charge in [0.05, 0.1) is 10.6 Å². The topological polar surface area (TPSA) is 21.3 Å². The number of rotatable bonds is 6. The molecular weight excluding hydrogens is 326 g/mol. The van der Waals surface area contributed by atoms with Gasteiger partial charge in [-0.05, 0) is 60.0 Å². The van der Waals surface area contributed by atoms with Gasteiger partial charge in [-0.15, -0.1) is 0 Å². The van der Waals surface area contributed by atoms with Crippen LogP contribution in [-0.2, 0) is 6.54 Å². The zero-order valence-corrected chi connectivity index (χ0v) is 14.4. The lowest BCUT2D eigenvalue weighted by Gasteiger charge is -2.16. The van der Waals surface area contributed by atoms with E-state index < -0.39 is 0 Å². The van der Waals surface area contributed by atoms with Gasteiger partial charge in [0.25, 0.3) is 0 Å². The van der Waals surface area contributed by atoms with E-state index in [1.54, 1.807) is 0 Å². The van der Waals surface area contributed by atoms with Crippen molar-refractivity contribution in [2.75, 3.05) is 0 Å². The van der Waals surface area contributed by atoms with Crippen molar-refractivity contribution >= 4 is 15.9 Å². The summed E-state index contributed by atoms with van der Waals surface area (Å²) in [6.45, 7) is 7.07. The van der Waals surface area contributed by atoms with Crippen molar-refractivity contribution in [2.45, 2.75) is 39.5 Å². The Kier molecular flexibility index (Phi) is 5.83. The van der Waals surface area contributed by atoms with Gasteiger partial charge in [0.15, 0.2) is 0 Å². The number of halogens is 1. The molecule has 0 unspecified atom stereocenters. The van der Waals surface area contributed by atoms with Crippen LogP contribution in [0.2, 0.25) is 0 Å². The summed E-state index contributed by atoms with van der Waals surface area (Å²) in [7, 11) is 0. The molecule has 0 aliphatic rings. The maximum atomic E-state index is 5.73. The van der Waals surface area contributed by atoms with Crippen molar-refractivity contribution in [3.63, 3.8) is 0 Å². The summed E-state index contributed by atoms with van der Waals surface area (Å²) in [6.07, 6.45) is 0.184. The summed E-state index contributed by atoms with van der Waals surface area (Å²) in [5, 5.41) is 3.54. The van der Waals surface area contributed by atoms with Crippen LogP contribution in [0.3, 0.4) is 0 Å². The fraction of sp³-hybridized carbons (Fsp3) is 0.333. The molecule has 0 aliphatic carbocycles. The number of ether oxygens (including phenoxy) is 1. The Bertz CT molecular complexity index is 569. The highest BCUT2D eigenvalue weighted by Crippen LogP contribution is 2.27. The molecule has 0 aliphatic heterocycles. The summed E-state index contributed by atoms with van der Waals surface area (Å²) < 4.78 is 6.73. The maximum Gasteiger partial charge on any atom is 0.133 e. The van der Waals surface area contributed by atoms with Crippen LogP contribution in [0.15, 0.2) is 53.0 Å². The first-order chi connectivity index (χ1) is 10.1. The standard InChI is InChI=1S/C18H22BrNO/c1-13(2)21-18-10-9-15(11-17(18)19)12-20-14(3)16-7-5-4-6-8-16/h4-11,13-14,20H,12H2,1-3H3/t14-/m1/s1. The molecule has 0 amide bonds. The third-order valence-electron chi connectivity index (χ3n) is 3.27. The molecule has 1 N–H and O–H groups in total. The predicted molar refractivity (Wildman–Crippen MR) is 91.6 cm³/mol. The molecule has 2 aromatic rings. The van der Waals surface area contributed by atoms with Gasteiger partial charge in [0.2, 0.25) is 0 Å². The first-order valence-electron chi connectivity index (χ1n) is 7.29. The minimum Gasteiger partial charge on any atom is -0.490 e. The fourth-order valence-corrected chi connectivity index (χ4v) is 2.65. The molecule has 3 heteroatoms. The fourth-order valence-electron chi connectivity index (χ4n) is 2.13. The number of nitrogens with one attached hydrogen (secondary N) is 1. The maximum absolute atomic E-state index is 5.73.